The van der Waals surface area contributed by atoms with Gasteiger partial charge in [0, 0.05) is 22.3 Å². The van der Waals surface area contributed by atoms with Crippen molar-refractivity contribution >= 4 is 34.0 Å². The van der Waals surface area contributed by atoms with Gasteiger partial charge < -0.3 is 15.4 Å². The van der Waals surface area contributed by atoms with Gasteiger partial charge in [-0.05, 0) is 53.9 Å². The number of ether oxygens (including phenoxy) is 1. The van der Waals surface area contributed by atoms with E-state index in [0.717, 1.165) is 22.9 Å². The molecule has 0 saturated heterocycles. The van der Waals surface area contributed by atoms with Crippen molar-refractivity contribution in [1.29, 1.82) is 0 Å². The third-order valence-corrected chi connectivity index (χ3v) is 5.00. The molecule has 172 valence electrons. The van der Waals surface area contributed by atoms with E-state index in [1.165, 1.54) is 36.4 Å². The molecule has 8 heteroatoms. The normalized spacial score (nSPS) is 11.1. The van der Waals surface area contributed by atoms with E-state index in [-0.39, 0.29) is 23.8 Å². The average Bonchev–Trinajstić information content (AvgIpc) is 2.83. The van der Waals surface area contributed by atoms with Gasteiger partial charge in [-0.2, -0.15) is 13.2 Å². The molecule has 2 amide bonds. The van der Waals surface area contributed by atoms with Crippen LogP contribution in [0.1, 0.15) is 15.9 Å². The summed E-state index contributed by atoms with van der Waals surface area (Å²) in [6, 6.07) is 23.6. The molecule has 0 atom stereocenters. The van der Waals surface area contributed by atoms with Crippen LogP contribution in [0, 0.1) is 0 Å². The van der Waals surface area contributed by atoms with Gasteiger partial charge in [0.2, 0.25) is 0 Å². The van der Waals surface area contributed by atoms with E-state index in [4.69, 9.17) is 4.74 Å². The highest BCUT2D eigenvalue weighted by atomic mass is 19.4. The number of hydrogen-bond donors (Lipinski definition) is 2. The molecule has 0 saturated carbocycles. The fourth-order valence-electron chi connectivity index (χ4n) is 3.35. The first-order valence-corrected chi connectivity index (χ1v) is 10.3. The first-order valence-electron chi connectivity index (χ1n) is 10.3. The number of benzene rings is 4. The Morgan fingerprint density at radius 1 is 0.794 bits per heavy atom. The van der Waals surface area contributed by atoms with Crippen molar-refractivity contribution < 1.29 is 27.5 Å². The van der Waals surface area contributed by atoms with Crippen molar-refractivity contribution in [2.24, 2.45) is 0 Å². The lowest BCUT2D eigenvalue weighted by atomic mass is 10.1. The van der Waals surface area contributed by atoms with Gasteiger partial charge in [0.15, 0.2) is 6.61 Å². The summed E-state index contributed by atoms with van der Waals surface area (Å²) in [5.74, 6) is -0.550. The van der Waals surface area contributed by atoms with Crippen LogP contribution < -0.4 is 15.4 Å². The standard InChI is InChI=1S/C26H19F3N2O3/c27-26(28,29)19-7-4-8-20(15-19)30-25(33)18-11-13-21(14-12-18)34-16-24(32)31-23-10-3-6-17-5-1-2-9-22(17)23/h1-15H,16H2,(H,30,33)(H,31,32). The monoisotopic (exact) mass is 464 g/mol. The maximum absolute atomic E-state index is 12.8. The third-order valence-electron chi connectivity index (χ3n) is 5.00. The number of carbonyl (C=O) groups excluding carboxylic acids is 2. The molecule has 34 heavy (non-hydrogen) atoms. The van der Waals surface area contributed by atoms with Gasteiger partial charge in [0.05, 0.1) is 5.56 Å². The molecule has 0 aliphatic rings. The van der Waals surface area contributed by atoms with Crippen LogP contribution in [0.2, 0.25) is 0 Å². The number of nitrogens with one attached hydrogen (secondary N) is 2. The second kappa shape index (κ2) is 9.66. The Kier molecular flexibility index (Phi) is 6.49. The SMILES string of the molecule is O=C(COc1ccc(C(=O)Nc2cccc(C(F)(F)F)c2)cc1)Nc1cccc2ccccc12. The van der Waals surface area contributed by atoms with E-state index in [9.17, 15) is 22.8 Å². The molecule has 0 spiro atoms. The van der Waals surface area contributed by atoms with Crippen molar-refractivity contribution in [3.8, 4) is 5.75 Å². The lowest BCUT2D eigenvalue weighted by Crippen LogP contribution is -2.20. The van der Waals surface area contributed by atoms with Crippen LogP contribution in [0.3, 0.4) is 0 Å². The summed E-state index contributed by atoms with van der Waals surface area (Å²) in [7, 11) is 0. The van der Waals surface area contributed by atoms with Crippen LogP contribution in [-0.4, -0.2) is 18.4 Å². The predicted octanol–water partition coefficient (Wildman–Crippen LogP) is 6.13. The summed E-state index contributed by atoms with van der Waals surface area (Å²) in [6.45, 7) is -0.237. The molecule has 4 aromatic carbocycles. The van der Waals surface area contributed by atoms with Crippen molar-refractivity contribution in [2.45, 2.75) is 6.18 Å². The Labute approximate surface area is 193 Å². The Morgan fingerprint density at radius 2 is 1.50 bits per heavy atom. The van der Waals surface area contributed by atoms with Crippen LogP contribution in [0.15, 0.2) is 91.0 Å². The summed E-state index contributed by atoms with van der Waals surface area (Å²) in [5, 5.41) is 7.17. The van der Waals surface area contributed by atoms with Crippen LogP contribution in [0.4, 0.5) is 24.5 Å². The number of alkyl halides is 3. The maximum Gasteiger partial charge on any atom is 0.416 e. The lowest BCUT2D eigenvalue weighted by Gasteiger charge is -2.11. The second-order valence-electron chi connectivity index (χ2n) is 7.42. The molecule has 0 aliphatic heterocycles. The fraction of sp³-hybridized carbons (Fsp3) is 0.0769. The molecular formula is C26H19F3N2O3. The van der Waals surface area contributed by atoms with Crippen molar-refractivity contribution in [2.75, 3.05) is 17.2 Å². The topological polar surface area (TPSA) is 67.4 Å². The maximum atomic E-state index is 12.8. The summed E-state index contributed by atoms with van der Waals surface area (Å²) in [4.78, 5) is 24.7. The molecule has 0 aliphatic carbocycles. The molecule has 4 aromatic rings. The van der Waals surface area contributed by atoms with E-state index in [0.29, 0.717) is 11.4 Å². The molecule has 4 rings (SSSR count). The second-order valence-corrected chi connectivity index (χ2v) is 7.42. The molecule has 5 nitrogen and oxygen atoms in total. The van der Waals surface area contributed by atoms with E-state index in [2.05, 4.69) is 10.6 Å². The van der Waals surface area contributed by atoms with Crippen molar-refractivity contribution in [3.05, 3.63) is 102 Å². The van der Waals surface area contributed by atoms with Gasteiger partial charge in [-0.15, -0.1) is 0 Å². The van der Waals surface area contributed by atoms with Crippen LogP contribution in [0.5, 0.6) is 5.75 Å². The first-order chi connectivity index (χ1) is 16.3. The number of fused-ring (bicyclic) bond motifs is 1. The zero-order chi connectivity index (χ0) is 24.1. The van der Waals surface area contributed by atoms with Gasteiger partial charge >= 0.3 is 6.18 Å². The smallest absolute Gasteiger partial charge is 0.416 e. The summed E-state index contributed by atoms with van der Waals surface area (Å²) in [5.41, 5.74) is 0.0827. The molecule has 2 N–H and O–H groups in total. The van der Waals surface area contributed by atoms with Crippen LogP contribution >= 0.6 is 0 Å². The quantitative estimate of drug-likeness (QED) is 0.361. The number of anilines is 2. The minimum absolute atomic E-state index is 0.0326. The minimum atomic E-state index is -4.50. The molecule has 0 bridgehead atoms. The Bertz CT molecular complexity index is 1330. The first kappa shape index (κ1) is 22.8. The molecule has 0 unspecified atom stereocenters. The Hall–Kier alpha value is -4.33. The summed E-state index contributed by atoms with van der Waals surface area (Å²) in [6.07, 6.45) is -4.50. The van der Waals surface area contributed by atoms with Gasteiger partial charge in [-0.1, -0.05) is 42.5 Å². The number of hydrogen-bond acceptors (Lipinski definition) is 3. The van der Waals surface area contributed by atoms with Crippen molar-refractivity contribution in [3.63, 3.8) is 0 Å². The van der Waals surface area contributed by atoms with E-state index >= 15 is 0 Å². The van der Waals surface area contributed by atoms with E-state index in [1.54, 1.807) is 6.07 Å². The Balaban J connectivity index is 1.34. The molecule has 0 radical (unpaired) electrons. The van der Waals surface area contributed by atoms with Crippen LogP contribution in [-0.2, 0) is 11.0 Å². The van der Waals surface area contributed by atoms with Crippen molar-refractivity contribution in [1.82, 2.24) is 0 Å². The molecule has 0 heterocycles. The van der Waals surface area contributed by atoms with E-state index < -0.39 is 17.6 Å². The number of halogens is 3. The third kappa shape index (κ3) is 5.53. The largest absolute Gasteiger partial charge is 0.484 e. The van der Waals surface area contributed by atoms with E-state index in [1.807, 2.05) is 36.4 Å². The number of carbonyl (C=O) groups is 2. The van der Waals surface area contributed by atoms with Gasteiger partial charge in [-0.25, -0.2) is 0 Å². The fourth-order valence-corrected chi connectivity index (χ4v) is 3.35. The highest BCUT2D eigenvalue weighted by molar-refractivity contribution is 6.04. The van der Waals surface area contributed by atoms with Gasteiger partial charge in [0.1, 0.15) is 5.75 Å². The Morgan fingerprint density at radius 3 is 2.26 bits per heavy atom. The summed E-state index contributed by atoms with van der Waals surface area (Å²) < 4.78 is 44.0. The zero-order valence-electron chi connectivity index (χ0n) is 17.7. The van der Waals surface area contributed by atoms with Crippen LogP contribution in [0.25, 0.3) is 10.8 Å². The minimum Gasteiger partial charge on any atom is -0.484 e. The molecule has 0 aromatic heterocycles. The number of rotatable bonds is 6. The summed E-state index contributed by atoms with van der Waals surface area (Å²) >= 11 is 0. The highest BCUT2D eigenvalue weighted by Crippen LogP contribution is 2.30. The molecular weight excluding hydrogens is 445 g/mol. The average molecular weight is 464 g/mol. The van der Waals surface area contributed by atoms with Gasteiger partial charge in [0.25, 0.3) is 11.8 Å². The van der Waals surface area contributed by atoms with Gasteiger partial charge in [-0.3, -0.25) is 9.59 Å². The molecule has 0 fully saturated rings. The predicted molar refractivity (Wildman–Crippen MR) is 124 cm³/mol. The number of amides is 2. The lowest BCUT2D eigenvalue weighted by molar-refractivity contribution is -0.137. The zero-order valence-corrected chi connectivity index (χ0v) is 17.7. The highest BCUT2D eigenvalue weighted by Gasteiger charge is 2.30.